The monoisotopic (exact) mass is 545 g/mol. The normalized spacial score (nSPS) is 11.1. The Hall–Kier alpha value is -0.870. The van der Waals surface area contributed by atoms with Crippen LogP contribution in [-0.2, 0) is 36.6 Å². The smallest absolute Gasteiger partial charge is 0.355 e. The molecule has 10 heteroatoms. The third-order valence-corrected chi connectivity index (χ3v) is 4.04. The van der Waals surface area contributed by atoms with Gasteiger partial charge in [-0.05, 0) is 24.5 Å². The predicted molar refractivity (Wildman–Crippen MR) is 101 cm³/mol. The number of hydrogen-bond acceptors (Lipinski definition) is 6. The number of alkyl halides is 3. The van der Waals surface area contributed by atoms with Crippen LogP contribution in [0.2, 0.25) is 0 Å². The number of aromatic nitrogens is 1. The van der Waals surface area contributed by atoms with E-state index in [2.05, 4.69) is 57.5 Å². The number of carbonyl (C=O) groups is 3. The molecular formula is C15H18Br3NO6. The summed E-state index contributed by atoms with van der Waals surface area (Å²) >= 11 is 9.73. The molecule has 0 radical (unpaired) electrons. The molecule has 140 valence electrons. The highest BCUT2D eigenvalue weighted by Gasteiger charge is 2.26. The molecule has 1 aromatic rings. The van der Waals surface area contributed by atoms with E-state index in [4.69, 9.17) is 9.47 Å². The van der Waals surface area contributed by atoms with Crippen molar-refractivity contribution in [3.63, 3.8) is 0 Å². The number of halogens is 3. The van der Waals surface area contributed by atoms with E-state index in [9.17, 15) is 14.4 Å². The average Bonchev–Trinajstić information content (AvgIpc) is 2.85. The van der Waals surface area contributed by atoms with Crippen molar-refractivity contribution in [2.24, 2.45) is 0 Å². The maximum atomic E-state index is 12.4. The van der Waals surface area contributed by atoms with Gasteiger partial charge in [-0.25, -0.2) is 4.79 Å². The minimum Gasteiger partial charge on any atom is -0.469 e. The Kier molecular flexibility index (Phi) is 8.62. The fourth-order valence-electron chi connectivity index (χ4n) is 2.17. The van der Waals surface area contributed by atoms with Crippen LogP contribution in [0.5, 0.6) is 0 Å². The van der Waals surface area contributed by atoms with Crippen molar-refractivity contribution >= 4 is 65.7 Å². The van der Waals surface area contributed by atoms with Crippen molar-refractivity contribution < 1.29 is 28.6 Å². The van der Waals surface area contributed by atoms with E-state index in [1.54, 1.807) is 6.92 Å². The largest absolute Gasteiger partial charge is 0.469 e. The van der Waals surface area contributed by atoms with Gasteiger partial charge in [0.25, 0.3) is 0 Å². The zero-order chi connectivity index (χ0) is 19.2. The average molecular weight is 548 g/mol. The molecule has 0 bridgehead atoms. The molecule has 0 amide bonds. The van der Waals surface area contributed by atoms with Crippen molar-refractivity contribution in [1.82, 2.24) is 4.98 Å². The lowest BCUT2D eigenvalue weighted by Gasteiger charge is -2.13. The zero-order valence-electron chi connectivity index (χ0n) is 13.9. The molecule has 1 heterocycles. The number of ether oxygens (including phenoxy) is 3. The molecule has 7 nitrogen and oxygen atoms in total. The van der Waals surface area contributed by atoms with Crippen LogP contribution in [-0.4, -0.2) is 45.9 Å². The van der Waals surface area contributed by atoms with Gasteiger partial charge in [0.05, 0.1) is 20.6 Å². The number of esters is 3. The summed E-state index contributed by atoms with van der Waals surface area (Å²) in [6, 6.07) is 0. The maximum Gasteiger partial charge on any atom is 0.355 e. The van der Waals surface area contributed by atoms with Crippen molar-refractivity contribution in [3.8, 4) is 0 Å². The van der Waals surface area contributed by atoms with Gasteiger partial charge in [-0.15, -0.1) is 0 Å². The molecule has 1 N–H and O–H groups in total. The van der Waals surface area contributed by atoms with Gasteiger partial charge < -0.3 is 19.2 Å². The van der Waals surface area contributed by atoms with Crippen LogP contribution in [0.25, 0.3) is 0 Å². The lowest BCUT2D eigenvalue weighted by molar-refractivity contribution is -0.140. The molecule has 1 rings (SSSR count). The van der Waals surface area contributed by atoms with Gasteiger partial charge in [-0.1, -0.05) is 47.8 Å². The first-order valence-electron chi connectivity index (χ1n) is 7.16. The number of H-pyrrole nitrogens is 1. The van der Waals surface area contributed by atoms with Gasteiger partial charge in [-0.3, -0.25) is 9.59 Å². The Morgan fingerprint density at radius 1 is 1.04 bits per heavy atom. The van der Waals surface area contributed by atoms with Crippen molar-refractivity contribution in [1.29, 1.82) is 0 Å². The van der Waals surface area contributed by atoms with Crippen molar-refractivity contribution in [2.45, 2.75) is 28.3 Å². The zero-order valence-corrected chi connectivity index (χ0v) is 18.7. The predicted octanol–water partition coefficient (Wildman–Crippen LogP) is 3.14. The van der Waals surface area contributed by atoms with Crippen LogP contribution in [0.3, 0.4) is 0 Å². The molecule has 0 aliphatic rings. The molecule has 0 fully saturated rings. The first kappa shape index (κ1) is 22.2. The Morgan fingerprint density at radius 2 is 1.64 bits per heavy atom. The van der Waals surface area contributed by atoms with Crippen LogP contribution in [0.4, 0.5) is 0 Å². The van der Waals surface area contributed by atoms with E-state index >= 15 is 0 Å². The van der Waals surface area contributed by atoms with Crippen LogP contribution in [0.15, 0.2) is 0 Å². The minimum absolute atomic E-state index is 0.00662. The van der Waals surface area contributed by atoms with Gasteiger partial charge in [-0.2, -0.15) is 0 Å². The summed E-state index contributed by atoms with van der Waals surface area (Å²) < 4.78 is 13.8. The molecule has 1 aromatic heterocycles. The number of nitrogens with one attached hydrogen (secondary N) is 1. The summed E-state index contributed by atoms with van der Waals surface area (Å²) in [6.07, 6.45) is 0.291. The van der Waals surface area contributed by atoms with E-state index in [-0.39, 0.29) is 31.6 Å². The maximum absolute atomic E-state index is 12.4. The second-order valence-corrected chi connectivity index (χ2v) is 12.4. The fourth-order valence-corrected chi connectivity index (χ4v) is 2.51. The number of aromatic amines is 1. The second kappa shape index (κ2) is 9.72. The molecular weight excluding hydrogens is 530 g/mol. The van der Waals surface area contributed by atoms with Crippen LogP contribution in [0.1, 0.15) is 33.7 Å². The summed E-state index contributed by atoms with van der Waals surface area (Å²) in [6.45, 7) is 1.74. The molecule has 25 heavy (non-hydrogen) atoms. The number of aryl methyl sites for hydroxylation is 1. The topological polar surface area (TPSA) is 94.7 Å². The van der Waals surface area contributed by atoms with Crippen LogP contribution < -0.4 is 0 Å². The quantitative estimate of drug-likeness (QED) is 0.320. The highest BCUT2D eigenvalue weighted by Crippen LogP contribution is 2.34. The minimum atomic E-state index is -0.731. The molecule has 0 aliphatic carbocycles. The first-order valence-corrected chi connectivity index (χ1v) is 9.54. The third-order valence-electron chi connectivity index (χ3n) is 3.36. The van der Waals surface area contributed by atoms with E-state index in [0.29, 0.717) is 16.8 Å². The van der Waals surface area contributed by atoms with Crippen molar-refractivity contribution in [3.05, 3.63) is 22.5 Å². The van der Waals surface area contributed by atoms with Crippen molar-refractivity contribution in [2.75, 3.05) is 20.8 Å². The van der Waals surface area contributed by atoms with Gasteiger partial charge in [0.2, 0.25) is 0 Å². The fraction of sp³-hybridized carbons (Fsp3) is 0.533. The molecule has 0 atom stereocenters. The highest BCUT2D eigenvalue weighted by atomic mass is 80.0. The Balaban J connectivity index is 3.12. The SMILES string of the molecule is COC(=O)CCc1c(C(=O)OCC(Br)(Br)Br)[nH]c(C)c1CC(=O)OC. The van der Waals surface area contributed by atoms with Gasteiger partial charge in [0.15, 0.2) is 2.14 Å². The Bertz CT molecular complexity index is 650. The molecule has 0 saturated carbocycles. The summed E-state index contributed by atoms with van der Waals surface area (Å²) in [5, 5.41) is 0. The van der Waals surface area contributed by atoms with E-state index in [0.717, 1.165) is 0 Å². The molecule has 0 aromatic carbocycles. The molecule has 0 aliphatic heterocycles. The summed E-state index contributed by atoms with van der Waals surface area (Å²) in [4.78, 5) is 38.5. The third kappa shape index (κ3) is 7.10. The number of rotatable bonds is 7. The highest BCUT2D eigenvalue weighted by molar-refractivity contribution is 9.39. The van der Waals surface area contributed by atoms with E-state index in [1.165, 1.54) is 14.2 Å². The molecule has 0 unspecified atom stereocenters. The molecule has 0 spiro atoms. The van der Waals surface area contributed by atoms with Gasteiger partial charge in [0.1, 0.15) is 12.3 Å². The summed E-state index contributed by atoms with van der Waals surface area (Å²) in [5.41, 5.74) is 2.00. The van der Waals surface area contributed by atoms with Gasteiger partial charge in [0, 0.05) is 12.1 Å². The van der Waals surface area contributed by atoms with E-state index < -0.39 is 20.1 Å². The Labute approximate surface area is 170 Å². The molecule has 0 saturated heterocycles. The second-order valence-electron chi connectivity index (χ2n) is 5.10. The Morgan fingerprint density at radius 3 is 2.16 bits per heavy atom. The lowest BCUT2D eigenvalue weighted by Crippen LogP contribution is -2.18. The standard InChI is InChI=1S/C15H18Br3NO6/c1-8-10(6-12(21)24-3)9(4-5-11(20)23-2)13(19-8)14(22)25-7-15(16,17)18/h19H,4-7H2,1-3H3. The van der Waals surface area contributed by atoms with E-state index in [1.807, 2.05) is 0 Å². The summed E-state index contributed by atoms with van der Waals surface area (Å²) in [5.74, 6) is -1.45. The van der Waals surface area contributed by atoms with Gasteiger partial charge >= 0.3 is 17.9 Å². The first-order chi connectivity index (χ1) is 11.6. The van der Waals surface area contributed by atoms with Crippen LogP contribution in [0, 0.1) is 6.92 Å². The number of carbonyl (C=O) groups excluding carboxylic acids is 3. The number of hydrogen-bond donors (Lipinski definition) is 1. The summed E-state index contributed by atoms with van der Waals surface area (Å²) in [7, 11) is 2.58. The van der Waals surface area contributed by atoms with Crippen LogP contribution >= 0.6 is 47.8 Å². The lowest BCUT2D eigenvalue weighted by atomic mass is 10.0. The number of methoxy groups -OCH3 is 2.